The van der Waals surface area contributed by atoms with Crippen LogP contribution in [0.25, 0.3) is 0 Å². The van der Waals surface area contributed by atoms with Gasteiger partial charge in [0.15, 0.2) is 0 Å². The van der Waals surface area contributed by atoms with Gasteiger partial charge in [-0.25, -0.2) is 4.39 Å². The number of hydrogen-bond donors (Lipinski definition) is 1. The molecule has 1 aliphatic heterocycles. The van der Waals surface area contributed by atoms with E-state index in [0.717, 1.165) is 22.4 Å². The van der Waals surface area contributed by atoms with Crippen molar-refractivity contribution in [3.8, 4) is 0 Å². The highest BCUT2D eigenvalue weighted by molar-refractivity contribution is 9.10. The predicted octanol–water partition coefficient (Wildman–Crippen LogP) is 3.53. The second-order valence-corrected chi connectivity index (χ2v) is 8.25. The summed E-state index contributed by atoms with van der Waals surface area (Å²) in [5.74, 6) is -0.365. The van der Waals surface area contributed by atoms with Crippen molar-refractivity contribution in [2.24, 2.45) is 0 Å². The summed E-state index contributed by atoms with van der Waals surface area (Å²) in [6.07, 6.45) is 0.242. The maximum absolute atomic E-state index is 13.3. The van der Waals surface area contributed by atoms with Crippen LogP contribution >= 0.6 is 15.9 Å². The van der Waals surface area contributed by atoms with Crippen LogP contribution in [0.15, 0.2) is 40.9 Å². The van der Waals surface area contributed by atoms with E-state index in [1.54, 1.807) is 17.0 Å². The highest BCUT2D eigenvalue weighted by atomic mass is 79.9. The Kier molecular flexibility index (Phi) is 7.03. The Bertz CT molecular complexity index is 891. The van der Waals surface area contributed by atoms with Crippen molar-refractivity contribution in [2.75, 3.05) is 38.0 Å². The lowest BCUT2D eigenvalue weighted by atomic mass is 10.1. The highest BCUT2D eigenvalue weighted by Crippen LogP contribution is 2.20. The Morgan fingerprint density at radius 2 is 1.72 bits per heavy atom. The van der Waals surface area contributed by atoms with Crippen molar-refractivity contribution >= 4 is 33.4 Å². The van der Waals surface area contributed by atoms with Gasteiger partial charge >= 0.3 is 0 Å². The standard InChI is InChI=1S/C22H25BrFN3O2/c1-15-4-3-5-16(2)22(15)25-20(28)14-26-8-10-27(11-9-26)21(29)13-17-6-7-19(24)18(23)12-17/h3-7,12H,8-11,13-14H2,1-2H3,(H,25,28). The molecule has 0 aliphatic carbocycles. The Balaban J connectivity index is 1.48. The van der Waals surface area contributed by atoms with Gasteiger partial charge in [-0.15, -0.1) is 0 Å². The van der Waals surface area contributed by atoms with Crippen molar-refractivity contribution in [2.45, 2.75) is 20.3 Å². The summed E-state index contributed by atoms with van der Waals surface area (Å²) in [4.78, 5) is 28.8. The summed E-state index contributed by atoms with van der Waals surface area (Å²) < 4.78 is 13.7. The van der Waals surface area contributed by atoms with Crippen LogP contribution in [-0.4, -0.2) is 54.3 Å². The van der Waals surface area contributed by atoms with Crippen LogP contribution in [0.3, 0.4) is 0 Å². The first-order chi connectivity index (χ1) is 13.8. The van der Waals surface area contributed by atoms with Crippen LogP contribution in [0.4, 0.5) is 10.1 Å². The van der Waals surface area contributed by atoms with Gasteiger partial charge in [0.2, 0.25) is 11.8 Å². The van der Waals surface area contributed by atoms with Crippen molar-refractivity contribution in [1.82, 2.24) is 9.80 Å². The number of carbonyl (C=O) groups is 2. The molecule has 0 radical (unpaired) electrons. The number of amides is 2. The number of benzene rings is 2. The van der Waals surface area contributed by atoms with Gasteiger partial charge in [0.25, 0.3) is 0 Å². The molecule has 0 saturated carbocycles. The number of rotatable bonds is 5. The molecule has 154 valence electrons. The Morgan fingerprint density at radius 1 is 1.07 bits per heavy atom. The average Bonchev–Trinajstić information content (AvgIpc) is 2.68. The first-order valence-corrected chi connectivity index (χ1v) is 10.4. The summed E-state index contributed by atoms with van der Waals surface area (Å²) in [6, 6.07) is 10.6. The molecule has 2 aromatic carbocycles. The number of piperazine rings is 1. The molecule has 1 fully saturated rings. The van der Waals surface area contributed by atoms with E-state index in [9.17, 15) is 14.0 Å². The van der Waals surface area contributed by atoms with Crippen molar-refractivity contribution in [3.63, 3.8) is 0 Å². The summed E-state index contributed by atoms with van der Waals surface area (Å²) in [5, 5.41) is 3.01. The molecule has 3 rings (SSSR count). The van der Waals surface area contributed by atoms with Crippen LogP contribution in [-0.2, 0) is 16.0 Å². The molecule has 0 unspecified atom stereocenters. The van der Waals surface area contributed by atoms with Crippen LogP contribution < -0.4 is 5.32 Å². The molecule has 1 saturated heterocycles. The summed E-state index contributed by atoms with van der Waals surface area (Å²) in [6.45, 7) is 6.73. The largest absolute Gasteiger partial charge is 0.340 e. The highest BCUT2D eigenvalue weighted by Gasteiger charge is 2.23. The molecule has 5 nitrogen and oxygen atoms in total. The molecule has 1 aliphatic rings. The molecule has 0 bridgehead atoms. The van der Waals surface area contributed by atoms with Crippen molar-refractivity contribution in [1.29, 1.82) is 0 Å². The first-order valence-electron chi connectivity index (χ1n) is 9.63. The summed E-state index contributed by atoms with van der Waals surface area (Å²) in [5.41, 5.74) is 3.73. The maximum atomic E-state index is 13.3. The monoisotopic (exact) mass is 461 g/mol. The lowest BCUT2D eigenvalue weighted by Crippen LogP contribution is -2.50. The van der Waals surface area contributed by atoms with Gasteiger partial charge in [-0.05, 0) is 58.6 Å². The zero-order valence-electron chi connectivity index (χ0n) is 16.7. The second-order valence-electron chi connectivity index (χ2n) is 7.40. The van der Waals surface area contributed by atoms with Gasteiger partial charge in [0.05, 0.1) is 17.4 Å². The van der Waals surface area contributed by atoms with Crippen LogP contribution in [0.2, 0.25) is 0 Å². The van der Waals surface area contributed by atoms with Crippen molar-refractivity contribution in [3.05, 3.63) is 63.4 Å². The van der Waals surface area contributed by atoms with E-state index in [4.69, 9.17) is 0 Å². The number of carbonyl (C=O) groups excluding carboxylic acids is 2. The fourth-order valence-electron chi connectivity index (χ4n) is 3.49. The topological polar surface area (TPSA) is 52.7 Å². The Morgan fingerprint density at radius 3 is 2.34 bits per heavy atom. The number of aryl methyl sites for hydroxylation is 2. The van der Waals surface area contributed by atoms with Gasteiger partial charge in [0.1, 0.15) is 5.82 Å². The summed E-state index contributed by atoms with van der Waals surface area (Å²) >= 11 is 3.15. The van der Waals surface area contributed by atoms with E-state index < -0.39 is 0 Å². The number of nitrogens with zero attached hydrogens (tertiary/aromatic N) is 2. The van der Waals surface area contributed by atoms with E-state index in [1.807, 2.05) is 32.0 Å². The van der Waals surface area contributed by atoms with Crippen LogP contribution in [0.5, 0.6) is 0 Å². The SMILES string of the molecule is Cc1cccc(C)c1NC(=O)CN1CCN(C(=O)Cc2ccc(F)c(Br)c2)CC1. The van der Waals surface area contributed by atoms with Gasteiger partial charge in [-0.3, -0.25) is 14.5 Å². The van der Waals surface area contributed by atoms with Gasteiger partial charge < -0.3 is 10.2 Å². The molecular formula is C22H25BrFN3O2. The minimum Gasteiger partial charge on any atom is -0.340 e. The van der Waals surface area contributed by atoms with Crippen LogP contribution in [0, 0.1) is 19.7 Å². The normalized spacial score (nSPS) is 14.7. The minimum absolute atomic E-state index is 0.0168. The third kappa shape index (κ3) is 5.64. The molecule has 0 atom stereocenters. The second kappa shape index (κ2) is 9.50. The van der Waals surface area contributed by atoms with Crippen molar-refractivity contribution < 1.29 is 14.0 Å². The first kappa shape index (κ1) is 21.5. The molecule has 0 aromatic heterocycles. The maximum Gasteiger partial charge on any atom is 0.238 e. The third-order valence-electron chi connectivity index (χ3n) is 5.18. The van der Waals surface area contributed by atoms with Gasteiger partial charge in [-0.2, -0.15) is 0 Å². The number of anilines is 1. The molecule has 0 spiro atoms. The lowest BCUT2D eigenvalue weighted by molar-refractivity contribution is -0.132. The molecule has 29 heavy (non-hydrogen) atoms. The number of nitrogens with one attached hydrogen (secondary N) is 1. The van der Waals surface area contributed by atoms with Gasteiger partial charge in [0, 0.05) is 31.9 Å². The predicted molar refractivity (Wildman–Crippen MR) is 115 cm³/mol. The third-order valence-corrected chi connectivity index (χ3v) is 5.78. The average molecular weight is 462 g/mol. The Labute approximate surface area is 179 Å². The number of hydrogen-bond acceptors (Lipinski definition) is 3. The fraction of sp³-hybridized carbons (Fsp3) is 0.364. The zero-order valence-corrected chi connectivity index (χ0v) is 18.3. The van der Waals surface area contributed by atoms with Crippen LogP contribution in [0.1, 0.15) is 16.7 Å². The molecular weight excluding hydrogens is 437 g/mol. The number of halogens is 2. The quantitative estimate of drug-likeness (QED) is 0.740. The van der Waals surface area contributed by atoms with E-state index in [0.29, 0.717) is 37.2 Å². The van der Waals surface area contributed by atoms with E-state index in [2.05, 4.69) is 26.1 Å². The minimum atomic E-state index is -0.339. The van der Waals surface area contributed by atoms with E-state index in [-0.39, 0.29) is 24.1 Å². The molecule has 2 amide bonds. The van der Waals surface area contributed by atoms with Gasteiger partial charge in [-0.1, -0.05) is 24.3 Å². The fourth-order valence-corrected chi connectivity index (χ4v) is 3.91. The molecule has 1 N–H and O–H groups in total. The summed E-state index contributed by atoms with van der Waals surface area (Å²) in [7, 11) is 0. The zero-order chi connectivity index (χ0) is 21.0. The van der Waals surface area contributed by atoms with E-state index in [1.165, 1.54) is 6.07 Å². The molecule has 1 heterocycles. The number of para-hydroxylation sites is 1. The Hall–Kier alpha value is -2.25. The smallest absolute Gasteiger partial charge is 0.238 e. The molecule has 7 heteroatoms. The van der Waals surface area contributed by atoms with E-state index >= 15 is 0 Å². The molecule has 2 aromatic rings. The lowest BCUT2D eigenvalue weighted by Gasteiger charge is -2.34.